The van der Waals surface area contributed by atoms with E-state index in [1.807, 2.05) is 45.9 Å². The van der Waals surface area contributed by atoms with E-state index in [1.54, 1.807) is 5.06 Å². The zero-order valence-corrected chi connectivity index (χ0v) is 15.0. The van der Waals surface area contributed by atoms with Crippen LogP contribution in [0, 0.1) is 0 Å². The standard InChI is InChI=1S/C18H26N2O4/c1-6-17(20(18(3,4)5)24-12(2)21)23-15-9-7-8-14-13(15)10-11-16(22)19-14/h7-9,17H,6,10-11H2,1-5H3,(H,19,22). The van der Waals surface area contributed by atoms with E-state index in [4.69, 9.17) is 9.57 Å². The summed E-state index contributed by atoms with van der Waals surface area (Å²) in [7, 11) is 0. The summed E-state index contributed by atoms with van der Waals surface area (Å²) >= 11 is 0. The summed E-state index contributed by atoms with van der Waals surface area (Å²) in [4.78, 5) is 28.4. The van der Waals surface area contributed by atoms with Crippen molar-refractivity contribution in [3.8, 4) is 5.75 Å². The lowest BCUT2D eigenvalue weighted by atomic mass is 10.0. The van der Waals surface area contributed by atoms with Crippen LogP contribution in [0.1, 0.15) is 53.0 Å². The summed E-state index contributed by atoms with van der Waals surface area (Å²) in [5, 5.41) is 4.46. The summed E-state index contributed by atoms with van der Waals surface area (Å²) in [6, 6.07) is 5.60. The minimum Gasteiger partial charge on any atom is -0.472 e. The second-order valence-electron chi connectivity index (χ2n) is 6.89. The molecule has 1 aromatic rings. The summed E-state index contributed by atoms with van der Waals surface area (Å²) in [5.74, 6) is 0.345. The fraction of sp³-hybridized carbons (Fsp3) is 0.556. The molecule has 2 rings (SSSR count). The molecule has 132 valence electrons. The normalized spacial score (nSPS) is 15.5. The Labute approximate surface area is 143 Å². The molecule has 1 aromatic carbocycles. The Hall–Kier alpha value is -2.08. The fourth-order valence-corrected chi connectivity index (χ4v) is 2.71. The van der Waals surface area contributed by atoms with Crippen molar-refractivity contribution in [2.45, 2.75) is 65.6 Å². The van der Waals surface area contributed by atoms with E-state index in [1.165, 1.54) is 6.92 Å². The van der Waals surface area contributed by atoms with Gasteiger partial charge in [-0.3, -0.25) is 9.59 Å². The van der Waals surface area contributed by atoms with E-state index >= 15 is 0 Å². The average molecular weight is 334 g/mol. The lowest BCUT2D eigenvalue weighted by molar-refractivity contribution is -0.258. The molecule has 1 amide bonds. The number of hydrogen-bond acceptors (Lipinski definition) is 5. The van der Waals surface area contributed by atoms with E-state index in [0.29, 0.717) is 25.0 Å². The van der Waals surface area contributed by atoms with E-state index in [2.05, 4.69) is 5.32 Å². The van der Waals surface area contributed by atoms with Gasteiger partial charge in [0.15, 0.2) is 6.23 Å². The van der Waals surface area contributed by atoms with Gasteiger partial charge in [0.25, 0.3) is 0 Å². The van der Waals surface area contributed by atoms with Crippen LogP contribution in [0.5, 0.6) is 5.75 Å². The lowest BCUT2D eigenvalue weighted by Gasteiger charge is -2.38. The number of hydroxylamine groups is 2. The van der Waals surface area contributed by atoms with Crippen molar-refractivity contribution in [3.05, 3.63) is 23.8 Å². The Morgan fingerprint density at radius 1 is 1.33 bits per heavy atom. The molecular formula is C18H26N2O4. The highest BCUT2D eigenvalue weighted by molar-refractivity contribution is 5.94. The zero-order chi connectivity index (χ0) is 17.9. The van der Waals surface area contributed by atoms with Crippen LogP contribution in [0.2, 0.25) is 0 Å². The molecule has 1 aliphatic rings. The van der Waals surface area contributed by atoms with E-state index in [0.717, 1.165) is 11.3 Å². The van der Waals surface area contributed by atoms with Crippen molar-refractivity contribution >= 4 is 17.6 Å². The predicted octanol–water partition coefficient (Wildman–Crippen LogP) is 3.26. The average Bonchev–Trinajstić information content (AvgIpc) is 2.49. The van der Waals surface area contributed by atoms with E-state index in [-0.39, 0.29) is 11.9 Å². The van der Waals surface area contributed by atoms with Crippen LogP contribution in [0.3, 0.4) is 0 Å². The van der Waals surface area contributed by atoms with Gasteiger partial charge < -0.3 is 14.9 Å². The molecule has 0 fully saturated rings. The molecule has 6 heteroatoms. The SMILES string of the molecule is CCC(Oc1cccc2c1CCC(=O)N2)N(OC(C)=O)C(C)(C)C. The number of benzene rings is 1. The topological polar surface area (TPSA) is 67.9 Å². The maximum absolute atomic E-state index is 11.6. The van der Waals surface area contributed by atoms with Gasteiger partial charge in [-0.25, -0.2) is 0 Å². The molecule has 0 saturated heterocycles. The van der Waals surface area contributed by atoms with Crippen molar-refractivity contribution < 1.29 is 19.2 Å². The number of carbonyl (C=O) groups excluding carboxylic acids is 2. The van der Waals surface area contributed by atoms with Crippen LogP contribution in [-0.4, -0.2) is 28.7 Å². The smallest absolute Gasteiger partial charge is 0.322 e. The van der Waals surface area contributed by atoms with Crippen molar-refractivity contribution in [2.24, 2.45) is 0 Å². The van der Waals surface area contributed by atoms with Crippen LogP contribution >= 0.6 is 0 Å². The number of fused-ring (bicyclic) bond motifs is 1. The summed E-state index contributed by atoms with van der Waals surface area (Å²) in [6.45, 7) is 9.24. The zero-order valence-electron chi connectivity index (χ0n) is 15.0. The molecule has 0 saturated carbocycles. The molecule has 1 heterocycles. The number of nitrogens with one attached hydrogen (secondary N) is 1. The minimum absolute atomic E-state index is 0.0166. The summed E-state index contributed by atoms with van der Waals surface area (Å²) in [5.41, 5.74) is 1.36. The first kappa shape index (κ1) is 18.3. The van der Waals surface area contributed by atoms with Crippen molar-refractivity contribution in [3.63, 3.8) is 0 Å². The molecule has 24 heavy (non-hydrogen) atoms. The van der Waals surface area contributed by atoms with E-state index in [9.17, 15) is 9.59 Å². The molecule has 1 unspecified atom stereocenters. The van der Waals surface area contributed by atoms with Crippen LogP contribution in [0.15, 0.2) is 18.2 Å². The van der Waals surface area contributed by atoms with Gasteiger partial charge in [-0.1, -0.05) is 18.1 Å². The number of anilines is 1. The van der Waals surface area contributed by atoms with Crippen molar-refractivity contribution in [2.75, 3.05) is 5.32 Å². The highest BCUT2D eigenvalue weighted by atomic mass is 16.7. The Bertz CT molecular complexity index is 622. The quantitative estimate of drug-likeness (QED) is 0.661. The molecule has 0 aromatic heterocycles. The molecular weight excluding hydrogens is 308 g/mol. The number of hydrogen-bond donors (Lipinski definition) is 1. The summed E-state index contributed by atoms with van der Waals surface area (Å²) < 4.78 is 6.18. The first-order valence-corrected chi connectivity index (χ1v) is 8.28. The van der Waals surface area contributed by atoms with E-state index < -0.39 is 11.8 Å². The third-order valence-corrected chi connectivity index (χ3v) is 3.77. The second-order valence-corrected chi connectivity index (χ2v) is 6.89. The Morgan fingerprint density at radius 3 is 2.62 bits per heavy atom. The Kier molecular flexibility index (Phi) is 5.49. The Morgan fingerprint density at radius 2 is 2.04 bits per heavy atom. The molecule has 1 aliphatic heterocycles. The molecule has 0 bridgehead atoms. The minimum atomic E-state index is -0.418. The maximum atomic E-state index is 11.6. The monoisotopic (exact) mass is 334 g/mol. The Balaban J connectivity index is 2.28. The van der Waals surface area contributed by atoms with Gasteiger partial charge in [0, 0.05) is 24.6 Å². The maximum Gasteiger partial charge on any atom is 0.322 e. The highest BCUT2D eigenvalue weighted by Gasteiger charge is 2.33. The molecule has 0 aliphatic carbocycles. The number of ether oxygens (including phenoxy) is 1. The highest BCUT2D eigenvalue weighted by Crippen LogP contribution is 2.33. The van der Waals surface area contributed by atoms with Crippen LogP contribution < -0.4 is 10.1 Å². The van der Waals surface area contributed by atoms with Gasteiger partial charge in [-0.2, -0.15) is 0 Å². The van der Waals surface area contributed by atoms with Crippen LogP contribution in [0.25, 0.3) is 0 Å². The van der Waals surface area contributed by atoms with Gasteiger partial charge >= 0.3 is 5.97 Å². The first-order chi connectivity index (χ1) is 11.2. The third kappa shape index (κ3) is 4.26. The molecule has 6 nitrogen and oxygen atoms in total. The number of carbonyl (C=O) groups is 2. The fourth-order valence-electron chi connectivity index (χ4n) is 2.71. The summed E-state index contributed by atoms with van der Waals surface area (Å²) in [6.07, 6.45) is 1.30. The molecule has 1 atom stereocenters. The van der Waals surface area contributed by atoms with Crippen LogP contribution in [0.4, 0.5) is 5.69 Å². The first-order valence-electron chi connectivity index (χ1n) is 8.28. The second kappa shape index (κ2) is 7.21. The largest absolute Gasteiger partial charge is 0.472 e. The number of rotatable bonds is 5. The van der Waals surface area contributed by atoms with Crippen molar-refractivity contribution in [1.82, 2.24) is 5.06 Å². The van der Waals surface area contributed by atoms with Crippen LogP contribution in [-0.2, 0) is 20.8 Å². The number of amides is 1. The lowest BCUT2D eigenvalue weighted by Crippen LogP contribution is -2.51. The third-order valence-electron chi connectivity index (χ3n) is 3.77. The van der Waals surface area contributed by atoms with Crippen molar-refractivity contribution in [1.29, 1.82) is 0 Å². The predicted molar refractivity (Wildman–Crippen MR) is 91.5 cm³/mol. The van der Waals surface area contributed by atoms with Gasteiger partial charge in [0.05, 0.1) is 5.54 Å². The molecule has 0 spiro atoms. The molecule has 0 radical (unpaired) electrons. The molecule has 1 N–H and O–H groups in total. The van der Waals surface area contributed by atoms with Gasteiger partial charge in [-0.15, -0.1) is 0 Å². The number of nitrogens with zero attached hydrogens (tertiary/aromatic N) is 1. The van der Waals surface area contributed by atoms with Gasteiger partial charge in [0.2, 0.25) is 5.91 Å². The van der Waals surface area contributed by atoms with Gasteiger partial charge in [-0.05, 0) is 45.7 Å². The van der Waals surface area contributed by atoms with Gasteiger partial charge in [0.1, 0.15) is 5.75 Å².